The molecule has 0 N–H and O–H groups in total. The fraction of sp³-hybridized carbons (Fsp3) is 0.438. The molecule has 1 saturated heterocycles. The van der Waals surface area contributed by atoms with Gasteiger partial charge in [-0.15, -0.1) is 0 Å². The normalized spacial score (nSPS) is 17.4. The van der Waals surface area contributed by atoms with E-state index in [9.17, 15) is 4.79 Å². The molecule has 2 aromatic heterocycles. The minimum absolute atomic E-state index is 0.0287. The molecule has 0 aromatic carbocycles. The molecule has 1 aliphatic heterocycles. The van der Waals surface area contributed by atoms with Crippen molar-refractivity contribution in [2.45, 2.75) is 25.8 Å². The van der Waals surface area contributed by atoms with E-state index in [2.05, 4.69) is 15.0 Å². The number of hydrogen-bond acceptors (Lipinski definition) is 4. The SMILES string of the molecule is O=c1cc2c(nn1CC1CN(c3ccncc3Cl)C1)CCC2. The molecule has 3 heterocycles. The molecular formula is C16H17ClN4O. The summed E-state index contributed by atoms with van der Waals surface area (Å²) in [5, 5.41) is 5.21. The molecule has 22 heavy (non-hydrogen) atoms. The molecule has 1 aliphatic carbocycles. The van der Waals surface area contributed by atoms with Crippen LogP contribution in [0.3, 0.4) is 0 Å². The fourth-order valence-electron chi connectivity index (χ4n) is 3.32. The summed E-state index contributed by atoms with van der Waals surface area (Å²) >= 11 is 6.16. The molecule has 0 amide bonds. The lowest BCUT2D eigenvalue weighted by molar-refractivity contribution is 0.333. The van der Waals surface area contributed by atoms with Crippen molar-refractivity contribution in [3.63, 3.8) is 0 Å². The summed E-state index contributed by atoms with van der Waals surface area (Å²) < 4.78 is 1.64. The van der Waals surface area contributed by atoms with E-state index in [1.54, 1.807) is 23.1 Å². The summed E-state index contributed by atoms with van der Waals surface area (Å²) in [6.07, 6.45) is 6.52. The molecule has 5 nitrogen and oxygen atoms in total. The quantitative estimate of drug-likeness (QED) is 0.868. The predicted octanol–water partition coefficient (Wildman–Crippen LogP) is 1.92. The monoisotopic (exact) mass is 316 g/mol. The number of nitrogens with zero attached hydrogens (tertiary/aromatic N) is 4. The molecule has 4 rings (SSSR count). The molecule has 6 heteroatoms. The van der Waals surface area contributed by atoms with Crippen molar-refractivity contribution in [1.82, 2.24) is 14.8 Å². The Morgan fingerprint density at radius 3 is 3.00 bits per heavy atom. The van der Waals surface area contributed by atoms with E-state index in [1.807, 2.05) is 6.07 Å². The van der Waals surface area contributed by atoms with Gasteiger partial charge in [0, 0.05) is 37.5 Å². The molecule has 114 valence electrons. The summed E-state index contributed by atoms with van der Waals surface area (Å²) in [6, 6.07) is 3.70. The van der Waals surface area contributed by atoms with Crippen LogP contribution < -0.4 is 10.5 Å². The van der Waals surface area contributed by atoms with Gasteiger partial charge in [-0.05, 0) is 30.9 Å². The second kappa shape index (κ2) is 5.39. The van der Waals surface area contributed by atoms with E-state index >= 15 is 0 Å². The first-order chi connectivity index (χ1) is 10.7. The predicted molar refractivity (Wildman–Crippen MR) is 85.5 cm³/mol. The van der Waals surface area contributed by atoms with E-state index in [0.29, 0.717) is 17.5 Å². The Morgan fingerprint density at radius 1 is 1.32 bits per heavy atom. The number of pyridine rings is 1. The van der Waals surface area contributed by atoms with Gasteiger partial charge in [-0.1, -0.05) is 11.6 Å². The summed E-state index contributed by atoms with van der Waals surface area (Å²) in [5.74, 6) is 0.439. The first-order valence-corrected chi connectivity index (χ1v) is 8.03. The number of rotatable bonds is 3. The third kappa shape index (κ3) is 2.39. The molecule has 0 spiro atoms. The second-order valence-corrected chi connectivity index (χ2v) is 6.50. The van der Waals surface area contributed by atoms with Crippen LogP contribution in [0, 0.1) is 5.92 Å². The summed E-state index contributed by atoms with van der Waals surface area (Å²) in [7, 11) is 0. The summed E-state index contributed by atoms with van der Waals surface area (Å²) in [5.41, 5.74) is 3.29. The van der Waals surface area contributed by atoms with Gasteiger partial charge >= 0.3 is 0 Å². The van der Waals surface area contributed by atoms with Gasteiger partial charge in [0.05, 0.1) is 22.9 Å². The third-order valence-electron chi connectivity index (χ3n) is 4.50. The van der Waals surface area contributed by atoms with Gasteiger partial charge in [0.15, 0.2) is 0 Å². The van der Waals surface area contributed by atoms with Crippen molar-refractivity contribution in [3.05, 3.63) is 51.2 Å². The van der Waals surface area contributed by atoms with E-state index in [-0.39, 0.29) is 5.56 Å². The zero-order valence-corrected chi connectivity index (χ0v) is 13.0. The Labute approximate surface area is 133 Å². The van der Waals surface area contributed by atoms with Gasteiger partial charge in [0.2, 0.25) is 0 Å². The van der Waals surface area contributed by atoms with E-state index in [0.717, 1.165) is 49.3 Å². The minimum Gasteiger partial charge on any atom is -0.369 e. The van der Waals surface area contributed by atoms with Crippen LogP contribution in [0.25, 0.3) is 0 Å². The van der Waals surface area contributed by atoms with Gasteiger partial charge < -0.3 is 4.90 Å². The molecule has 0 atom stereocenters. The molecular weight excluding hydrogens is 300 g/mol. The largest absolute Gasteiger partial charge is 0.369 e. The van der Waals surface area contributed by atoms with Crippen molar-refractivity contribution in [1.29, 1.82) is 0 Å². The lowest BCUT2D eigenvalue weighted by Crippen LogP contribution is -2.50. The molecule has 0 radical (unpaired) electrons. The number of aryl methyl sites for hydroxylation is 2. The lowest BCUT2D eigenvalue weighted by Gasteiger charge is -2.41. The highest BCUT2D eigenvalue weighted by atomic mass is 35.5. The van der Waals surface area contributed by atoms with Crippen LogP contribution in [0.15, 0.2) is 29.3 Å². The Hall–Kier alpha value is -1.88. The van der Waals surface area contributed by atoms with Gasteiger partial charge in [-0.3, -0.25) is 9.78 Å². The van der Waals surface area contributed by atoms with Crippen molar-refractivity contribution in [2.75, 3.05) is 18.0 Å². The Bertz CT molecular complexity index is 767. The van der Waals surface area contributed by atoms with Gasteiger partial charge in [0.25, 0.3) is 5.56 Å². The average Bonchev–Trinajstić information content (AvgIpc) is 2.90. The van der Waals surface area contributed by atoms with E-state index in [4.69, 9.17) is 11.6 Å². The van der Waals surface area contributed by atoms with Crippen LogP contribution in [-0.2, 0) is 19.4 Å². The van der Waals surface area contributed by atoms with Crippen molar-refractivity contribution >= 4 is 17.3 Å². The van der Waals surface area contributed by atoms with Crippen LogP contribution in [0.4, 0.5) is 5.69 Å². The van der Waals surface area contributed by atoms with Crippen LogP contribution in [0.1, 0.15) is 17.7 Å². The first-order valence-electron chi connectivity index (χ1n) is 7.65. The van der Waals surface area contributed by atoms with Crippen molar-refractivity contribution < 1.29 is 0 Å². The molecule has 0 saturated carbocycles. The highest BCUT2D eigenvalue weighted by molar-refractivity contribution is 6.33. The second-order valence-electron chi connectivity index (χ2n) is 6.09. The smallest absolute Gasteiger partial charge is 0.267 e. The third-order valence-corrected chi connectivity index (χ3v) is 4.80. The molecule has 0 bridgehead atoms. The van der Waals surface area contributed by atoms with Crippen molar-refractivity contribution in [2.24, 2.45) is 5.92 Å². The Morgan fingerprint density at radius 2 is 2.18 bits per heavy atom. The van der Waals surface area contributed by atoms with Crippen molar-refractivity contribution in [3.8, 4) is 0 Å². The average molecular weight is 317 g/mol. The van der Waals surface area contributed by atoms with Gasteiger partial charge in [-0.2, -0.15) is 5.10 Å². The number of aromatic nitrogens is 3. The van der Waals surface area contributed by atoms with Gasteiger partial charge in [0.1, 0.15) is 0 Å². The van der Waals surface area contributed by atoms with E-state index < -0.39 is 0 Å². The number of anilines is 1. The highest BCUT2D eigenvalue weighted by Crippen LogP contribution is 2.30. The fourth-order valence-corrected chi connectivity index (χ4v) is 3.56. The molecule has 0 unspecified atom stereocenters. The van der Waals surface area contributed by atoms with Crippen LogP contribution in [0.2, 0.25) is 5.02 Å². The Kier molecular flexibility index (Phi) is 3.37. The summed E-state index contributed by atoms with van der Waals surface area (Å²) in [4.78, 5) is 18.3. The number of fused-ring (bicyclic) bond motifs is 1. The van der Waals surface area contributed by atoms with E-state index in [1.165, 1.54) is 0 Å². The first kappa shape index (κ1) is 13.8. The lowest BCUT2D eigenvalue weighted by atomic mass is 9.99. The highest BCUT2D eigenvalue weighted by Gasteiger charge is 2.29. The number of halogens is 1. The zero-order valence-electron chi connectivity index (χ0n) is 12.2. The molecule has 1 fully saturated rings. The molecule has 2 aliphatic rings. The topological polar surface area (TPSA) is 51.0 Å². The summed E-state index contributed by atoms with van der Waals surface area (Å²) in [6.45, 7) is 2.48. The number of hydrogen-bond donors (Lipinski definition) is 0. The minimum atomic E-state index is 0.0287. The Balaban J connectivity index is 1.45. The van der Waals surface area contributed by atoms with Crippen LogP contribution >= 0.6 is 11.6 Å². The standard InChI is InChI=1S/C16H17ClN4O/c17-13-7-18-5-4-15(13)20-8-11(9-20)10-21-16(22)6-12-2-1-3-14(12)19-21/h4-7,11H,1-3,8-10H2. The maximum Gasteiger partial charge on any atom is 0.267 e. The maximum absolute atomic E-state index is 12.1. The zero-order chi connectivity index (χ0) is 15.1. The molecule has 2 aromatic rings. The maximum atomic E-state index is 12.1. The van der Waals surface area contributed by atoms with Gasteiger partial charge in [-0.25, -0.2) is 4.68 Å². The van der Waals surface area contributed by atoms with Crippen LogP contribution in [0.5, 0.6) is 0 Å². The van der Waals surface area contributed by atoms with Crippen LogP contribution in [-0.4, -0.2) is 27.9 Å².